The van der Waals surface area contributed by atoms with Crippen molar-refractivity contribution in [2.45, 2.75) is 12.8 Å². The number of aliphatic carboxylic acids is 1. The van der Waals surface area contributed by atoms with Gasteiger partial charge in [0.25, 0.3) is 5.91 Å². The monoisotopic (exact) mass is 275 g/mol. The zero-order valence-electron chi connectivity index (χ0n) is 10.5. The van der Waals surface area contributed by atoms with Gasteiger partial charge in [-0.25, -0.2) is 0 Å². The van der Waals surface area contributed by atoms with Crippen molar-refractivity contribution in [2.24, 2.45) is 0 Å². The van der Waals surface area contributed by atoms with Crippen molar-refractivity contribution in [3.8, 4) is 6.07 Å². The van der Waals surface area contributed by atoms with Gasteiger partial charge in [0.1, 0.15) is 6.42 Å². The number of carboxylic acid groups (broad SMARTS) is 1. The van der Waals surface area contributed by atoms with Gasteiger partial charge in [-0.3, -0.25) is 14.4 Å². The summed E-state index contributed by atoms with van der Waals surface area (Å²) >= 11 is 0. The van der Waals surface area contributed by atoms with E-state index >= 15 is 0 Å². The number of benzene rings is 1. The SMILES string of the molecule is N#CCC(=O)Nc1ccc(C(=O)NCCC(=O)O)cc1. The lowest BCUT2D eigenvalue weighted by Crippen LogP contribution is -2.25. The van der Waals surface area contributed by atoms with Crippen molar-refractivity contribution in [3.63, 3.8) is 0 Å². The molecule has 7 heteroatoms. The standard InChI is InChI=1S/C13H13N3O4/c14-7-5-11(17)16-10-3-1-9(2-4-10)13(20)15-8-6-12(18)19/h1-4H,5-6,8H2,(H,15,20)(H,16,17)(H,18,19). The van der Waals surface area contributed by atoms with E-state index in [0.29, 0.717) is 11.3 Å². The highest BCUT2D eigenvalue weighted by Crippen LogP contribution is 2.09. The van der Waals surface area contributed by atoms with Crippen LogP contribution in [0.3, 0.4) is 0 Å². The summed E-state index contributed by atoms with van der Waals surface area (Å²) in [5, 5.41) is 21.8. The van der Waals surface area contributed by atoms with Gasteiger partial charge in [0, 0.05) is 17.8 Å². The topological polar surface area (TPSA) is 119 Å². The lowest BCUT2D eigenvalue weighted by Gasteiger charge is -2.06. The third-order valence-electron chi connectivity index (χ3n) is 2.29. The fraction of sp³-hybridized carbons (Fsp3) is 0.231. The number of nitriles is 1. The van der Waals surface area contributed by atoms with Crippen molar-refractivity contribution in [1.82, 2.24) is 5.32 Å². The molecule has 1 aromatic rings. The maximum atomic E-state index is 11.6. The predicted octanol–water partition coefficient (Wildman–Crippen LogP) is 0.743. The summed E-state index contributed by atoms with van der Waals surface area (Å²) in [4.78, 5) is 33.1. The number of nitrogens with zero attached hydrogens (tertiary/aromatic N) is 1. The van der Waals surface area contributed by atoms with Gasteiger partial charge in [0.05, 0.1) is 12.5 Å². The fourth-order valence-electron chi connectivity index (χ4n) is 1.37. The first-order valence-corrected chi connectivity index (χ1v) is 5.80. The number of anilines is 1. The van der Waals surface area contributed by atoms with Gasteiger partial charge in [0.2, 0.25) is 5.91 Å². The maximum Gasteiger partial charge on any atom is 0.305 e. The van der Waals surface area contributed by atoms with Crippen LogP contribution in [0.25, 0.3) is 0 Å². The Morgan fingerprint density at radius 3 is 2.40 bits per heavy atom. The van der Waals surface area contributed by atoms with Gasteiger partial charge in [-0.1, -0.05) is 0 Å². The van der Waals surface area contributed by atoms with E-state index in [-0.39, 0.29) is 25.3 Å². The summed E-state index contributed by atoms with van der Waals surface area (Å²) in [6, 6.07) is 7.78. The van der Waals surface area contributed by atoms with Crippen LogP contribution in [0, 0.1) is 11.3 Å². The van der Waals surface area contributed by atoms with Gasteiger partial charge < -0.3 is 15.7 Å². The van der Waals surface area contributed by atoms with E-state index in [0.717, 1.165) is 0 Å². The summed E-state index contributed by atoms with van der Waals surface area (Å²) in [6.45, 7) is 0.0504. The molecule has 7 nitrogen and oxygen atoms in total. The van der Waals surface area contributed by atoms with E-state index in [2.05, 4.69) is 10.6 Å². The van der Waals surface area contributed by atoms with Crippen LogP contribution in [0.5, 0.6) is 0 Å². The average molecular weight is 275 g/mol. The van der Waals surface area contributed by atoms with E-state index in [9.17, 15) is 14.4 Å². The van der Waals surface area contributed by atoms with Gasteiger partial charge in [-0.15, -0.1) is 0 Å². The molecule has 1 aromatic carbocycles. The molecule has 0 saturated heterocycles. The molecule has 104 valence electrons. The first-order valence-electron chi connectivity index (χ1n) is 5.80. The molecule has 0 fully saturated rings. The van der Waals surface area contributed by atoms with Crippen LogP contribution in [-0.2, 0) is 9.59 Å². The Bertz CT molecular complexity index is 546. The van der Waals surface area contributed by atoms with E-state index in [4.69, 9.17) is 10.4 Å². The molecule has 0 radical (unpaired) electrons. The zero-order valence-corrected chi connectivity index (χ0v) is 10.5. The number of hydrogen-bond donors (Lipinski definition) is 3. The van der Waals surface area contributed by atoms with Crippen molar-refractivity contribution in [2.75, 3.05) is 11.9 Å². The molecular formula is C13H13N3O4. The first-order chi connectivity index (χ1) is 9.52. The van der Waals surface area contributed by atoms with Gasteiger partial charge >= 0.3 is 5.97 Å². The first kappa shape index (κ1) is 15.2. The average Bonchev–Trinajstić information content (AvgIpc) is 2.39. The molecule has 3 N–H and O–H groups in total. The van der Waals surface area contributed by atoms with Crippen molar-refractivity contribution in [1.29, 1.82) is 5.26 Å². The second-order valence-electron chi connectivity index (χ2n) is 3.86. The Balaban J connectivity index is 2.53. The van der Waals surface area contributed by atoms with Crippen LogP contribution in [0.1, 0.15) is 23.2 Å². The van der Waals surface area contributed by atoms with Crippen molar-refractivity contribution >= 4 is 23.5 Å². The molecule has 20 heavy (non-hydrogen) atoms. The lowest BCUT2D eigenvalue weighted by molar-refractivity contribution is -0.136. The quantitative estimate of drug-likeness (QED) is 0.707. The van der Waals surface area contributed by atoms with Gasteiger partial charge in [0.15, 0.2) is 0 Å². The molecule has 1 rings (SSSR count). The van der Waals surface area contributed by atoms with Crippen molar-refractivity contribution < 1.29 is 19.5 Å². The normalized spacial score (nSPS) is 9.35. The van der Waals surface area contributed by atoms with Crippen LogP contribution in [0.4, 0.5) is 5.69 Å². The molecule has 0 spiro atoms. The Labute approximate surface area is 115 Å². The van der Waals surface area contributed by atoms with Gasteiger partial charge in [-0.2, -0.15) is 5.26 Å². The summed E-state index contributed by atoms with van der Waals surface area (Å²) < 4.78 is 0. The highest BCUT2D eigenvalue weighted by atomic mass is 16.4. The predicted molar refractivity (Wildman–Crippen MR) is 69.9 cm³/mol. The number of carbonyl (C=O) groups excluding carboxylic acids is 2. The van der Waals surface area contributed by atoms with E-state index in [1.807, 2.05) is 0 Å². The molecule has 0 aromatic heterocycles. The molecule has 0 saturated carbocycles. The van der Waals surface area contributed by atoms with E-state index < -0.39 is 11.9 Å². The minimum absolute atomic E-state index is 0.0504. The molecule has 0 atom stereocenters. The minimum Gasteiger partial charge on any atom is -0.481 e. The minimum atomic E-state index is -0.985. The van der Waals surface area contributed by atoms with Gasteiger partial charge in [-0.05, 0) is 24.3 Å². The summed E-state index contributed by atoms with van der Waals surface area (Å²) in [6.07, 6.45) is -0.383. The van der Waals surface area contributed by atoms with Crippen LogP contribution >= 0.6 is 0 Å². The van der Waals surface area contributed by atoms with E-state index in [1.54, 1.807) is 6.07 Å². The molecule has 0 heterocycles. The lowest BCUT2D eigenvalue weighted by atomic mass is 10.2. The number of rotatable bonds is 6. The second-order valence-corrected chi connectivity index (χ2v) is 3.86. The third-order valence-corrected chi connectivity index (χ3v) is 2.29. The molecule has 0 unspecified atom stereocenters. The molecule has 0 aliphatic rings. The molecule has 0 bridgehead atoms. The van der Waals surface area contributed by atoms with Crippen LogP contribution in [0.2, 0.25) is 0 Å². The third kappa shape index (κ3) is 5.18. The molecule has 0 aliphatic heterocycles. The molecule has 0 aliphatic carbocycles. The zero-order chi connectivity index (χ0) is 15.0. The fourth-order valence-corrected chi connectivity index (χ4v) is 1.37. The van der Waals surface area contributed by atoms with Crippen LogP contribution < -0.4 is 10.6 Å². The number of carboxylic acids is 1. The second kappa shape index (κ2) is 7.53. The highest BCUT2D eigenvalue weighted by Gasteiger charge is 2.07. The molecular weight excluding hydrogens is 262 g/mol. The Kier molecular flexibility index (Phi) is 5.72. The summed E-state index contributed by atoms with van der Waals surface area (Å²) in [5.74, 6) is -1.80. The largest absolute Gasteiger partial charge is 0.481 e. The number of carbonyl (C=O) groups is 3. The smallest absolute Gasteiger partial charge is 0.305 e. The Morgan fingerprint density at radius 1 is 1.20 bits per heavy atom. The number of amides is 2. The van der Waals surface area contributed by atoms with E-state index in [1.165, 1.54) is 24.3 Å². The molecule has 2 amide bonds. The highest BCUT2D eigenvalue weighted by molar-refractivity contribution is 5.96. The van der Waals surface area contributed by atoms with Crippen LogP contribution in [-0.4, -0.2) is 29.4 Å². The van der Waals surface area contributed by atoms with Crippen LogP contribution in [0.15, 0.2) is 24.3 Å². The Morgan fingerprint density at radius 2 is 1.85 bits per heavy atom. The number of nitrogens with one attached hydrogen (secondary N) is 2. The number of hydrogen-bond acceptors (Lipinski definition) is 4. The summed E-state index contributed by atoms with van der Waals surface area (Å²) in [7, 11) is 0. The maximum absolute atomic E-state index is 11.6. The summed E-state index contributed by atoms with van der Waals surface area (Å²) in [5.41, 5.74) is 0.834. The van der Waals surface area contributed by atoms with Crippen molar-refractivity contribution in [3.05, 3.63) is 29.8 Å². The Hall–Kier alpha value is -2.88.